The van der Waals surface area contributed by atoms with E-state index < -0.39 is 23.3 Å². The second-order valence-electron chi connectivity index (χ2n) is 9.91. The average molecular weight is 449 g/mol. The SMILES string of the molecule is Cc1ccc(-c2ccc(OCC3CCC(C4CCC(C)CC4)CC3)c(F)c2F)c(F)c1F. The fourth-order valence-corrected chi connectivity index (χ4v) is 5.50. The minimum absolute atomic E-state index is 0.111. The van der Waals surface area contributed by atoms with E-state index in [-0.39, 0.29) is 22.4 Å². The van der Waals surface area contributed by atoms with Crippen LogP contribution in [0.1, 0.15) is 63.9 Å². The van der Waals surface area contributed by atoms with Crippen molar-refractivity contribution in [2.24, 2.45) is 23.7 Å². The minimum Gasteiger partial charge on any atom is -0.490 e. The number of hydrogen-bond donors (Lipinski definition) is 0. The van der Waals surface area contributed by atoms with Crippen molar-refractivity contribution in [3.63, 3.8) is 0 Å². The van der Waals surface area contributed by atoms with Crippen molar-refractivity contribution < 1.29 is 22.3 Å². The highest BCUT2D eigenvalue weighted by Gasteiger charge is 2.30. The Morgan fingerprint density at radius 3 is 1.84 bits per heavy atom. The molecular weight excluding hydrogens is 416 g/mol. The van der Waals surface area contributed by atoms with Crippen LogP contribution in [0, 0.1) is 53.9 Å². The minimum atomic E-state index is -1.22. The molecule has 2 fully saturated rings. The average Bonchev–Trinajstić information content (AvgIpc) is 2.80. The first-order chi connectivity index (χ1) is 15.3. The van der Waals surface area contributed by atoms with Crippen molar-refractivity contribution >= 4 is 0 Å². The zero-order valence-electron chi connectivity index (χ0n) is 18.9. The van der Waals surface area contributed by atoms with Gasteiger partial charge in [-0.05, 0) is 86.8 Å². The predicted molar refractivity (Wildman–Crippen MR) is 119 cm³/mol. The molecule has 0 heterocycles. The standard InChI is InChI=1S/C27H32F4O/c1-16-3-8-19(9-4-16)20-10-6-18(7-11-20)15-32-23-14-13-22(26(30)27(23)31)21-12-5-17(2)24(28)25(21)29/h5,12-14,16,18-20H,3-4,6-11,15H2,1-2H3. The van der Waals surface area contributed by atoms with Gasteiger partial charge in [0.05, 0.1) is 6.61 Å². The molecule has 4 rings (SSSR count). The number of hydrogen-bond acceptors (Lipinski definition) is 1. The van der Waals surface area contributed by atoms with Gasteiger partial charge in [-0.1, -0.05) is 31.9 Å². The van der Waals surface area contributed by atoms with Crippen LogP contribution in [0.25, 0.3) is 11.1 Å². The maximum atomic E-state index is 14.7. The summed E-state index contributed by atoms with van der Waals surface area (Å²) in [6, 6.07) is 5.17. The molecule has 0 N–H and O–H groups in total. The van der Waals surface area contributed by atoms with Crippen molar-refractivity contribution in [2.75, 3.05) is 6.61 Å². The maximum absolute atomic E-state index is 14.7. The molecule has 0 bridgehead atoms. The monoisotopic (exact) mass is 448 g/mol. The van der Waals surface area contributed by atoms with Crippen molar-refractivity contribution in [1.29, 1.82) is 0 Å². The Morgan fingerprint density at radius 2 is 1.22 bits per heavy atom. The molecular formula is C27H32F4O. The molecule has 2 aromatic carbocycles. The molecule has 2 aliphatic rings. The van der Waals surface area contributed by atoms with Gasteiger partial charge in [-0.2, -0.15) is 4.39 Å². The molecule has 0 aliphatic heterocycles. The van der Waals surface area contributed by atoms with Gasteiger partial charge >= 0.3 is 0 Å². The van der Waals surface area contributed by atoms with Crippen LogP contribution in [0.15, 0.2) is 24.3 Å². The Morgan fingerprint density at radius 1 is 0.688 bits per heavy atom. The van der Waals surface area contributed by atoms with E-state index in [9.17, 15) is 17.6 Å². The number of rotatable bonds is 5. The van der Waals surface area contributed by atoms with E-state index in [1.165, 1.54) is 69.7 Å². The van der Waals surface area contributed by atoms with Crippen molar-refractivity contribution in [3.05, 3.63) is 53.1 Å². The summed E-state index contributed by atoms with van der Waals surface area (Å²) in [7, 11) is 0. The second kappa shape index (κ2) is 9.84. The van der Waals surface area contributed by atoms with Crippen LogP contribution in [0.5, 0.6) is 5.75 Å². The van der Waals surface area contributed by atoms with Gasteiger partial charge in [0, 0.05) is 11.1 Å². The fourth-order valence-electron chi connectivity index (χ4n) is 5.50. The lowest BCUT2D eigenvalue weighted by atomic mass is 9.69. The quantitative estimate of drug-likeness (QED) is 0.419. The first kappa shape index (κ1) is 23.1. The van der Waals surface area contributed by atoms with Crippen molar-refractivity contribution in [2.45, 2.75) is 65.2 Å². The van der Waals surface area contributed by atoms with Gasteiger partial charge in [0.1, 0.15) is 0 Å². The smallest absolute Gasteiger partial charge is 0.201 e. The van der Waals surface area contributed by atoms with Crippen LogP contribution in [0.2, 0.25) is 0 Å². The molecule has 0 atom stereocenters. The van der Waals surface area contributed by atoms with Crippen LogP contribution in [0.3, 0.4) is 0 Å². The van der Waals surface area contributed by atoms with Crippen LogP contribution < -0.4 is 4.74 Å². The largest absolute Gasteiger partial charge is 0.490 e. The number of aryl methyl sites for hydroxylation is 1. The van der Waals surface area contributed by atoms with Gasteiger partial charge in [-0.3, -0.25) is 0 Å². The summed E-state index contributed by atoms with van der Waals surface area (Å²) in [5.74, 6) is -1.97. The highest BCUT2D eigenvalue weighted by atomic mass is 19.2. The van der Waals surface area contributed by atoms with E-state index in [1.54, 1.807) is 0 Å². The summed E-state index contributed by atoms with van der Waals surface area (Å²) in [6.07, 6.45) is 9.83. The van der Waals surface area contributed by atoms with Gasteiger partial charge in [-0.25, -0.2) is 13.2 Å². The van der Waals surface area contributed by atoms with E-state index in [2.05, 4.69) is 6.92 Å². The number of benzene rings is 2. The second-order valence-corrected chi connectivity index (χ2v) is 9.91. The lowest BCUT2D eigenvalue weighted by molar-refractivity contribution is 0.124. The Bertz CT molecular complexity index is 941. The Kier molecular flexibility index (Phi) is 7.11. The molecule has 1 nitrogen and oxygen atoms in total. The molecule has 0 saturated heterocycles. The molecule has 0 aromatic heterocycles. The molecule has 0 amide bonds. The summed E-state index contributed by atoms with van der Waals surface area (Å²) in [5, 5.41) is 0. The van der Waals surface area contributed by atoms with Gasteiger partial charge < -0.3 is 4.74 Å². The van der Waals surface area contributed by atoms with Crippen LogP contribution in [-0.4, -0.2) is 6.61 Å². The molecule has 2 saturated carbocycles. The fraction of sp³-hybridized carbons (Fsp3) is 0.556. The summed E-state index contributed by atoms with van der Waals surface area (Å²) in [4.78, 5) is 0. The van der Waals surface area contributed by atoms with Gasteiger partial charge in [0.15, 0.2) is 23.2 Å². The maximum Gasteiger partial charge on any atom is 0.201 e. The third-order valence-corrected chi connectivity index (χ3v) is 7.71. The van der Waals surface area contributed by atoms with E-state index in [0.717, 1.165) is 30.6 Å². The summed E-state index contributed by atoms with van der Waals surface area (Å²) in [5.41, 5.74) is -0.500. The Balaban J connectivity index is 1.36. The number of halogens is 4. The highest BCUT2D eigenvalue weighted by molar-refractivity contribution is 5.66. The van der Waals surface area contributed by atoms with Crippen LogP contribution in [-0.2, 0) is 0 Å². The molecule has 2 aromatic rings. The Labute approximate surface area is 188 Å². The van der Waals surface area contributed by atoms with E-state index in [1.807, 2.05) is 0 Å². The predicted octanol–water partition coefficient (Wildman–Crippen LogP) is 8.23. The molecule has 32 heavy (non-hydrogen) atoms. The highest BCUT2D eigenvalue weighted by Crippen LogP contribution is 2.41. The van der Waals surface area contributed by atoms with E-state index >= 15 is 0 Å². The van der Waals surface area contributed by atoms with E-state index in [4.69, 9.17) is 4.74 Å². The van der Waals surface area contributed by atoms with Crippen molar-refractivity contribution in [3.8, 4) is 16.9 Å². The number of ether oxygens (including phenoxy) is 1. The topological polar surface area (TPSA) is 9.23 Å². The summed E-state index contributed by atoms with van der Waals surface area (Å²) < 4.78 is 63.0. The molecule has 0 spiro atoms. The van der Waals surface area contributed by atoms with Crippen molar-refractivity contribution in [1.82, 2.24) is 0 Å². The first-order valence-corrected chi connectivity index (χ1v) is 11.9. The molecule has 174 valence electrons. The molecule has 5 heteroatoms. The van der Waals surface area contributed by atoms with Gasteiger partial charge in [0.25, 0.3) is 0 Å². The Hall–Kier alpha value is -2.04. The summed E-state index contributed by atoms with van der Waals surface area (Å²) in [6.45, 7) is 4.10. The normalized spacial score (nSPS) is 26.2. The molecule has 0 unspecified atom stereocenters. The zero-order chi connectivity index (χ0) is 22.8. The third-order valence-electron chi connectivity index (χ3n) is 7.71. The van der Waals surface area contributed by atoms with Gasteiger partial charge in [0.2, 0.25) is 5.82 Å². The van der Waals surface area contributed by atoms with Crippen LogP contribution >= 0.6 is 0 Å². The molecule has 0 radical (unpaired) electrons. The zero-order valence-corrected chi connectivity index (χ0v) is 18.9. The first-order valence-electron chi connectivity index (χ1n) is 11.9. The third kappa shape index (κ3) is 4.82. The molecule has 2 aliphatic carbocycles. The lowest BCUT2D eigenvalue weighted by Crippen LogP contribution is -2.27. The summed E-state index contributed by atoms with van der Waals surface area (Å²) >= 11 is 0. The van der Waals surface area contributed by atoms with E-state index in [0.29, 0.717) is 12.5 Å². The van der Waals surface area contributed by atoms with Crippen LogP contribution in [0.4, 0.5) is 17.6 Å². The van der Waals surface area contributed by atoms with Gasteiger partial charge in [-0.15, -0.1) is 0 Å². The lowest BCUT2D eigenvalue weighted by Gasteiger charge is -2.37.